The number of hydrogen-bond donors (Lipinski definition) is 0. The Kier molecular flexibility index (Phi) is 8.62. The summed E-state index contributed by atoms with van der Waals surface area (Å²) in [6.45, 7) is 6.12. The second-order valence-corrected chi connectivity index (χ2v) is 12.9. The maximum Gasteiger partial charge on any atom is 0.0714 e. The van der Waals surface area contributed by atoms with Crippen molar-refractivity contribution in [3.8, 4) is 22.3 Å². The molecule has 7 aromatic carbocycles. The van der Waals surface area contributed by atoms with E-state index in [1.54, 1.807) is 0 Å². The molecular formula is C50H39N. The van der Waals surface area contributed by atoms with Gasteiger partial charge in [-0.3, -0.25) is 0 Å². The lowest BCUT2D eigenvalue weighted by Gasteiger charge is -2.34. The molecule has 0 bridgehead atoms. The molecule has 1 aliphatic carbocycles. The van der Waals surface area contributed by atoms with Crippen molar-refractivity contribution < 1.29 is 0 Å². The first-order chi connectivity index (χ1) is 25.2. The second kappa shape index (κ2) is 13.8. The van der Waals surface area contributed by atoms with E-state index >= 15 is 0 Å². The molecule has 244 valence electrons. The fourth-order valence-electron chi connectivity index (χ4n) is 7.81. The zero-order valence-corrected chi connectivity index (χ0v) is 28.8. The van der Waals surface area contributed by atoms with Crippen molar-refractivity contribution in [1.82, 2.24) is 0 Å². The van der Waals surface area contributed by atoms with Crippen LogP contribution in [0.5, 0.6) is 0 Å². The highest BCUT2D eigenvalue weighted by Crippen LogP contribution is 2.59. The Morgan fingerprint density at radius 1 is 0.529 bits per heavy atom. The van der Waals surface area contributed by atoms with Crippen LogP contribution >= 0.6 is 0 Å². The van der Waals surface area contributed by atoms with Gasteiger partial charge in [-0.25, -0.2) is 0 Å². The zero-order chi connectivity index (χ0) is 34.6. The summed E-state index contributed by atoms with van der Waals surface area (Å²) in [6, 6.07) is 66.2. The minimum atomic E-state index is -0.479. The number of anilines is 3. The van der Waals surface area contributed by atoms with Gasteiger partial charge in [0.15, 0.2) is 0 Å². The van der Waals surface area contributed by atoms with Crippen LogP contribution in [0.2, 0.25) is 0 Å². The van der Waals surface area contributed by atoms with Crippen LogP contribution in [0, 0.1) is 0 Å². The van der Waals surface area contributed by atoms with E-state index in [9.17, 15) is 0 Å². The molecule has 51 heavy (non-hydrogen) atoms. The van der Waals surface area contributed by atoms with Crippen molar-refractivity contribution in [2.75, 3.05) is 4.90 Å². The van der Waals surface area contributed by atoms with Crippen molar-refractivity contribution in [3.63, 3.8) is 0 Å². The summed E-state index contributed by atoms with van der Waals surface area (Å²) in [7, 11) is 0. The number of rotatable bonds is 9. The molecule has 1 aliphatic rings. The fourth-order valence-corrected chi connectivity index (χ4v) is 7.81. The van der Waals surface area contributed by atoms with E-state index in [-0.39, 0.29) is 0 Å². The van der Waals surface area contributed by atoms with Crippen LogP contribution in [0.3, 0.4) is 0 Å². The Labute approximate surface area is 301 Å². The minimum Gasteiger partial charge on any atom is -0.310 e. The summed E-state index contributed by atoms with van der Waals surface area (Å²) >= 11 is 0. The molecule has 0 amide bonds. The van der Waals surface area contributed by atoms with E-state index in [4.69, 9.17) is 0 Å². The predicted molar refractivity (Wildman–Crippen MR) is 217 cm³/mol. The van der Waals surface area contributed by atoms with Crippen LogP contribution in [-0.2, 0) is 5.41 Å². The lowest BCUT2D eigenvalue weighted by atomic mass is 9.68. The SMILES string of the molecule is C=C/C(=C\C=C/C)c1ccc(N(c2ccc(-c3ccccc3)cc2)c2cccc3c2-c2ccccc2C3(c2ccccc2)c2ccccc2)cc1. The molecule has 0 saturated heterocycles. The lowest BCUT2D eigenvalue weighted by Crippen LogP contribution is -2.28. The van der Waals surface area contributed by atoms with Gasteiger partial charge in [0.05, 0.1) is 11.1 Å². The third-order valence-electron chi connectivity index (χ3n) is 10.1. The molecule has 0 unspecified atom stereocenters. The van der Waals surface area contributed by atoms with Gasteiger partial charge in [0.1, 0.15) is 0 Å². The van der Waals surface area contributed by atoms with Crippen molar-refractivity contribution in [2.45, 2.75) is 12.3 Å². The summed E-state index contributed by atoms with van der Waals surface area (Å²) < 4.78 is 0. The number of fused-ring (bicyclic) bond motifs is 3. The molecule has 7 aromatic rings. The lowest BCUT2D eigenvalue weighted by molar-refractivity contribution is 0.768. The zero-order valence-electron chi connectivity index (χ0n) is 28.8. The molecule has 0 fully saturated rings. The third kappa shape index (κ3) is 5.54. The average molecular weight is 654 g/mol. The van der Waals surface area contributed by atoms with Crippen molar-refractivity contribution in [1.29, 1.82) is 0 Å². The largest absolute Gasteiger partial charge is 0.310 e. The smallest absolute Gasteiger partial charge is 0.0714 e. The normalized spacial score (nSPS) is 13.1. The first-order valence-electron chi connectivity index (χ1n) is 17.6. The van der Waals surface area contributed by atoms with Gasteiger partial charge in [0, 0.05) is 16.9 Å². The highest BCUT2D eigenvalue weighted by molar-refractivity contribution is 5.97. The first-order valence-corrected chi connectivity index (χ1v) is 17.6. The molecular weight excluding hydrogens is 615 g/mol. The van der Waals surface area contributed by atoms with Crippen LogP contribution in [0.1, 0.15) is 34.7 Å². The van der Waals surface area contributed by atoms with Gasteiger partial charge >= 0.3 is 0 Å². The summed E-state index contributed by atoms with van der Waals surface area (Å²) in [6.07, 6.45) is 8.12. The molecule has 8 rings (SSSR count). The third-order valence-corrected chi connectivity index (χ3v) is 10.1. The number of hydrogen-bond acceptors (Lipinski definition) is 1. The molecule has 0 spiro atoms. The molecule has 1 nitrogen and oxygen atoms in total. The molecule has 1 heteroatoms. The Balaban J connectivity index is 1.38. The molecule has 0 saturated carbocycles. The molecule has 0 heterocycles. The summed E-state index contributed by atoms with van der Waals surface area (Å²) in [5.41, 5.74) is 15.0. The van der Waals surface area contributed by atoms with E-state index in [2.05, 4.69) is 206 Å². The first kappa shape index (κ1) is 31.8. The van der Waals surface area contributed by atoms with Crippen LogP contribution in [0.4, 0.5) is 17.1 Å². The summed E-state index contributed by atoms with van der Waals surface area (Å²) in [5.74, 6) is 0. The van der Waals surface area contributed by atoms with E-state index in [1.807, 2.05) is 19.1 Å². The van der Waals surface area contributed by atoms with Gasteiger partial charge in [-0.15, -0.1) is 0 Å². The van der Waals surface area contributed by atoms with Gasteiger partial charge in [0.25, 0.3) is 0 Å². The van der Waals surface area contributed by atoms with E-state index in [1.165, 1.54) is 44.5 Å². The second-order valence-electron chi connectivity index (χ2n) is 12.9. The number of allylic oxidation sites excluding steroid dienone is 5. The highest BCUT2D eigenvalue weighted by Gasteiger charge is 2.47. The molecule has 0 N–H and O–H groups in total. The van der Waals surface area contributed by atoms with Crippen LogP contribution in [0.15, 0.2) is 213 Å². The quantitative estimate of drug-likeness (QED) is 0.140. The van der Waals surface area contributed by atoms with Gasteiger partial charge < -0.3 is 4.90 Å². The van der Waals surface area contributed by atoms with Crippen molar-refractivity contribution >= 4 is 22.6 Å². The van der Waals surface area contributed by atoms with E-state index < -0.39 is 5.41 Å². The molecule has 0 radical (unpaired) electrons. The van der Waals surface area contributed by atoms with Crippen molar-refractivity contribution in [2.24, 2.45) is 0 Å². The predicted octanol–water partition coefficient (Wildman–Crippen LogP) is 13.3. The van der Waals surface area contributed by atoms with Gasteiger partial charge in [0.2, 0.25) is 0 Å². The molecule has 0 atom stereocenters. The highest BCUT2D eigenvalue weighted by atomic mass is 15.1. The maximum atomic E-state index is 4.09. The van der Waals surface area contributed by atoms with Crippen LogP contribution in [0.25, 0.3) is 27.8 Å². The average Bonchev–Trinajstić information content (AvgIpc) is 3.52. The van der Waals surface area contributed by atoms with Gasteiger partial charge in [-0.1, -0.05) is 183 Å². The monoisotopic (exact) mass is 653 g/mol. The molecule has 0 aliphatic heterocycles. The topological polar surface area (TPSA) is 3.24 Å². The minimum absolute atomic E-state index is 0.479. The standard InChI is InChI=1S/C50H39N/c1-3-5-18-37(4-2)39-29-33-43(34-30-39)51(44-35-31-40(32-36-44)38-19-9-6-10-20-38)48-28-17-27-47-49(48)45-25-15-16-26-46(45)50(47,41-21-11-7-12-22-41)42-23-13-8-14-24-42/h3-36H,2H2,1H3/b5-3-,37-18+. The number of nitrogens with zero attached hydrogens (tertiary/aromatic N) is 1. The Hall–Kier alpha value is -6.44. The Bertz CT molecular complexity index is 2310. The Morgan fingerprint density at radius 3 is 1.67 bits per heavy atom. The van der Waals surface area contributed by atoms with Gasteiger partial charge in [-0.2, -0.15) is 0 Å². The summed E-state index contributed by atoms with van der Waals surface area (Å²) in [5, 5.41) is 0. The van der Waals surface area contributed by atoms with Crippen molar-refractivity contribution in [3.05, 3.63) is 241 Å². The van der Waals surface area contributed by atoms with Crippen LogP contribution in [-0.4, -0.2) is 0 Å². The summed E-state index contributed by atoms with van der Waals surface area (Å²) in [4.78, 5) is 2.42. The van der Waals surface area contributed by atoms with E-state index in [0.717, 1.165) is 28.2 Å². The fraction of sp³-hybridized carbons (Fsp3) is 0.0400. The van der Waals surface area contributed by atoms with Crippen LogP contribution < -0.4 is 4.90 Å². The Morgan fingerprint density at radius 2 is 1.06 bits per heavy atom. The maximum absolute atomic E-state index is 4.09. The molecule has 0 aromatic heterocycles. The van der Waals surface area contributed by atoms with E-state index in [0.29, 0.717) is 0 Å². The van der Waals surface area contributed by atoms with Gasteiger partial charge in [-0.05, 0) is 87.3 Å². The number of benzene rings is 7.